The van der Waals surface area contributed by atoms with Gasteiger partial charge in [0.25, 0.3) is 0 Å². The third-order valence-electron chi connectivity index (χ3n) is 4.75. The zero-order valence-electron chi connectivity index (χ0n) is 17.1. The van der Waals surface area contributed by atoms with Crippen molar-refractivity contribution in [2.24, 2.45) is 0 Å². The van der Waals surface area contributed by atoms with Crippen LogP contribution >= 0.6 is 0 Å². The minimum atomic E-state index is -1.30. The van der Waals surface area contributed by atoms with Crippen molar-refractivity contribution < 1.29 is 8.85 Å². The molecule has 0 radical (unpaired) electrons. The zero-order valence-corrected chi connectivity index (χ0v) is 18.3. The van der Waals surface area contributed by atoms with Gasteiger partial charge in [0.2, 0.25) is 0 Å². The van der Waals surface area contributed by atoms with E-state index < -0.39 is 9.28 Å². The van der Waals surface area contributed by atoms with E-state index in [1.54, 1.807) is 0 Å². The maximum Gasteiger partial charge on any atom is 0.318 e. The van der Waals surface area contributed by atoms with Gasteiger partial charge < -0.3 is 8.85 Å². The molecular weight excluding hydrogens is 312 g/mol. The molecule has 1 atom stereocenters. The van der Waals surface area contributed by atoms with Gasteiger partial charge in [-0.2, -0.15) is 0 Å². The fourth-order valence-corrected chi connectivity index (χ4v) is 4.25. The van der Waals surface area contributed by atoms with E-state index in [4.69, 9.17) is 8.85 Å². The SMILES string of the molecule is CCCCCCCCCCCCCCCCCCO[SiH](C)OCC. The molecule has 0 aromatic carbocycles. The molecule has 1 unspecified atom stereocenters. The van der Waals surface area contributed by atoms with Crippen LogP contribution in [-0.4, -0.2) is 22.5 Å². The molecule has 0 fully saturated rings. The molecule has 0 aromatic rings. The van der Waals surface area contributed by atoms with Crippen molar-refractivity contribution in [2.45, 2.75) is 123 Å². The summed E-state index contributed by atoms with van der Waals surface area (Å²) in [6.45, 7) is 8.16. The van der Waals surface area contributed by atoms with E-state index in [1.807, 2.05) is 6.92 Å². The number of hydrogen-bond donors (Lipinski definition) is 0. The number of rotatable bonds is 20. The van der Waals surface area contributed by atoms with Crippen LogP contribution in [0.3, 0.4) is 0 Å². The highest BCUT2D eigenvalue weighted by Crippen LogP contribution is 2.13. The molecule has 0 saturated heterocycles. The Morgan fingerprint density at radius 1 is 0.500 bits per heavy atom. The van der Waals surface area contributed by atoms with Crippen LogP contribution in [0.2, 0.25) is 6.55 Å². The Morgan fingerprint density at radius 3 is 1.25 bits per heavy atom. The Kier molecular flexibility index (Phi) is 21.3. The van der Waals surface area contributed by atoms with Crippen LogP contribution in [-0.2, 0) is 8.85 Å². The van der Waals surface area contributed by atoms with Crippen molar-refractivity contribution in [3.8, 4) is 0 Å². The maximum absolute atomic E-state index is 5.72. The molecule has 0 spiro atoms. The third kappa shape index (κ3) is 20.2. The van der Waals surface area contributed by atoms with E-state index in [0.29, 0.717) is 0 Å². The monoisotopic (exact) mass is 358 g/mol. The minimum Gasteiger partial charge on any atom is -0.397 e. The van der Waals surface area contributed by atoms with Crippen LogP contribution < -0.4 is 0 Å². The van der Waals surface area contributed by atoms with Crippen molar-refractivity contribution in [1.29, 1.82) is 0 Å². The van der Waals surface area contributed by atoms with Crippen LogP contribution in [0.15, 0.2) is 0 Å². The lowest BCUT2D eigenvalue weighted by atomic mass is 10.0. The lowest BCUT2D eigenvalue weighted by Crippen LogP contribution is -2.18. The molecular formula is C21H46O2Si. The topological polar surface area (TPSA) is 18.5 Å². The summed E-state index contributed by atoms with van der Waals surface area (Å²) in [5.74, 6) is 0. The molecule has 3 heteroatoms. The summed E-state index contributed by atoms with van der Waals surface area (Å²) >= 11 is 0. The predicted octanol–water partition coefficient (Wildman–Crippen LogP) is 7.15. The summed E-state index contributed by atoms with van der Waals surface area (Å²) in [4.78, 5) is 0. The standard InChI is InChI=1S/C21H46O2Si/c1-4-6-7-8-9-10-11-12-13-14-15-16-17-18-19-20-21-23-24(3)22-5-2/h24H,4-21H2,1-3H3. The first-order chi connectivity index (χ1) is 11.8. The minimum absolute atomic E-state index is 0.798. The first-order valence-corrected chi connectivity index (χ1v) is 13.1. The van der Waals surface area contributed by atoms with E-state index in [-0.39, 0.29) is 0 Å². The fraction of sp³-hybridized carbons (Fsp3) is 1.00. The van der Waals surface area contributed by atoms with Crippen LogP contribution in [0.1, 0.15) is 117 Å². The Balaban J connectivity index is 3.00. The van der Waals surface area contributed by atoms with Gasteiger partial charge in [0.05, 0.1) is 0 Å². The predicted molar refractivity (Wildman–Crippen MR) is 110 cm³/mol. The van der Waals surface area contributed by atoms with Crippen LogP contribution in [0.4, 0.5) is 0 Å². The summed E-state index contributed by atoms with van der Waals surface area (Å²) in [7, 11) is -1.30. The fourth-order valence-electron chi connectivity index (χ4n) is 3.18. The van der Waals surface area contributed by atoms with E-state index in [1.165, 1.54) is 103 Å². The second kappa shape index (κ2) is 21.2. The van der Waals surface area contributed by atoms with Crippen molar-refractivity contribution in [3.05, 3.63) is 0 Å². The quantitative estimate of drug-likeness (QED) is 0.170. The molecule has 0 amide bonds. The Labute approximate surface area is 154 Å². The average molecular weight is 359 g/mol. The van der Waals surface area contributed by atoms with Gasteiger partial charge in [-0.3, -0.25) is 0 Å². The average Bonchev–Trinajstić information content (AvgIpc) is 2.58. The van der Waals surface area contributed by atoms with E-state index in [0.717, 1.165) is 13.2 Å². The molecule has 0 aliphatic rings. The summed E-state index contributed by atoms with van der Waals surface area (Å²) < 4.78 is 11.2. The van der Waals surface area contributed by atoms with Crippen LogP contribution in [0.25, 0.3) is 0 Å². The Hall–Kier alpha value is 0.137. The van der Waals surface area contributed by atoms with Gasteiger partial charge in [-0.25, -0.2) is 0 Å². The van der Waals surface area contributed by atoms with Crippen LogP contribution in [0.5, 0.6) is 0 Å². The van der Waals surface area contributed by atoms with E-state index in [9.17, 15) is 0 Å². The van der Waals surface area contributed by atoms with Gasteiger partial charge in [0, 0.05) is 13.2 Å². The molecule has 0 saturated carbocycles. The summed E-state index contributed by atoms with van der Waals surface area (Å²) in [6.07, 6.45) is 22.7. The normalized spacial score (nSPS) is 12.6. The smallest absolute Gasteiger partial charge is 0.318 e. The van der Waals surface area contributed by atoms with Crippen molar-refractivity contribution >= 4 is 9.28 Å². The van der Waals surface area contributed by atoms with Gasteiger partial charge in [-0.05, 0) is 19.9 Å². The summed E-state index contributed by atoms with van der Waals surface area (Å²) in [6, 6.07) is 0. The van der Waals surface area contributed by atoms with Gasteiger partial charge in [-0.1, -0.05) is 103 Å². The first kappa shape index (κ1) is 24.1. The molecule has 0 heterocycles. The zero-order chi connectivity index (χ0) is 17.7. The lowest BCUT2D eigenvalue weighted by molar-refractivity contribution is 0.206. The summed E-state index contributed by atoms with van der Waals surface area (Å²) in [5, 5.41) is 0. The molecule has 0 aliphatic carbocycles. The lowest BCUT2D eigenvalue weighted by Gasteiger charge is -2.10. The van der Waals surface area contributed by atoms with Crippen LogP contribution in [0, 0.1) is 0 Å². The molecule has 0 bridgehead atoms. The molecule has 0 aliphatic heterocycles. The maximum atomic E-state index is 5.72. The molecule has 146 valence electrons. The highest BCUT2D eigenvalue weighted by Gasteiger charge is 2.02. The highest BCUT2D eigenvalue weighted by molar-refractivity contribution is 6.42. The van der Waals surface area contributed by atoms with E-state index >= 15 is 0 Å². The van der Waals surface area contributed by atoms with Gasteiger partial charge in [0.1, 0.15) is 0 Å². The highest BCUT2D eigenvalue weighted by atomic mass is 28.3. The Bertz CT molecular complexity index is 224. The molecule has 2 nitrogen and oxygen atoms in total. The van der Waals surface area contributed by atoms with E-state index in [2.05, 4.69) is 13.5 Å². The molecule has 0 aromatic heterocycles. The van der Waals surface area contributed by atoms with Gasteiger partial charge >= 0.3 is 9.28 Å². The van der Waals surface area contributed by atoms with Crippen molar-refractivity contribution in [1.82, 2.24) is 0 Å². The van der Waals surface area contributed by atoms with Gasteiger partial charge in [0.15, 0.2) is 0 Å². The second-order valence-electron chi connectivity index (χ2n) is 7.20. The molecule has 0 rings (SSSR count). The Morgan fingerprint density at radius 2 is 0.875 bits per heavy atom. The first-order valence-electron chi connectivity index (χ1n) is 11.0. The number of unbranched alkanes of at least 4 members (excludes halogenated alkanes) is 15. The van der Waals surface area contributed by atoms with Crippen molar-refractivity contribution in [3.63, 3.8) is 0 Å². The van der Waals surface area contributed by atoms with Gasteiger partial charge in [-0.15, -0.1) is 0 Å². The summed E-state index contributed by atoms with van der Waals surface area (Å²) in [5.41, 5.74) is 0. The van der Waals surface area contributed by atoms with Crippen molar-refractivity contribution in [2.75, 3.05) is 13.2 Å². The largest absolute Gasteiger partial charge is 0.397 e. The number of hydrogen-bond acceptors (Lipinski definition) is 2. The molecule has 24 heavy (non-hydrogen) atoms. The molecule has 0 N–H and O–H groups in total. The second-order valence-corrected chi connectivity index (χ2v) is 9.00. The third-order valence-corrected chi connectivity index (χ3v) is 6.26.